The Labute approximate surface area is 230 Å². The minimum absolute atomic E-state index is 0.0578. The highest BCUT2D eigenvalue weighted by Gasteiger charge is 2.58. The van der Waals surface area contributed by atoms with Crippen LogP contribution in [0.2, 0.25) is 10.0 Å². The summed E-state index contributed by atoms with van der Waals surface area (Å²) in [6.45, 7) is 14.7. The van der Waals surface area contributed by atoms with Crippen LogP contribution in [0.25, 0.3) is 0 Å². The number of carbonyl (C=O) groups excluding carboxylic acids is 1. The van der Waals surface area contributed by atoms with Crippen LogP contribution in [0.3, 0.4) is 0 Å². The number of nitrogens with zero attached hydrogens (tertiary/aromatic N) is 2. The van der Waals surface area contributed by atoms with Crippen LogP contribution in [0.5, 0.6) is 5.75 Å². The zero-order valence-electron chi connectivity index (χ0n) is 22.5. The van der Waals surface area contributed by atoms with Gasteiger partial charge in [0.15, 0.2) is 0 Å². The van der Waals surface area contributed by atoms with Gasteiger partial charge in [0.25, 0.3) is 0 Å². The molecule has 0 aromatic heterocycles. The number of hydrogen-bond donors (Lipinski definition) is 0. The first kappa shape index (κ1) is 27.2. The highest BCUT2D eigenvalue weighted by molar-refractivity contribution is 6.30. The Morgan fingerprint density at radius 3 is 1.95 bits per heavy atom. The van der Waals surface area contributed by atoms with Crippen LogP contribution in [0.15, 0.2) is 71.7 Å². The standard InChI is InChI=1S/C31H34Cl2N2O2/c1-8-37-27-19-23(29(3,4)5)13-18-26(27)28-34-30(6,21-9-14-24(32)15-10-21)31(7,35(28)20(2)36)22-11-16-25(33)17-12-22/h9-19H,8H2,1-7H3/t30-,31-/m0/s1. The molecule has 1 amide bonds. The van der Waals surface area contributed by atoms with Crippen LogP contribution in [0.4, 0.5) is 0 Å². The predicted octanol–water partition coefficient (Wildman–Crippen LogP) is 8.13. The van der Waals surface area contributed by atoms with E-state index in [1.165, 1.54) is 0 Å². The van der Waals surface area contributed by atoms with E-state index in [2.05, 4.69) is 46.8 Å². The summed E-state index contributed by atoms with van der Waals surface area (Å²) in [5, 5.41) is 1.27. The molecule has 0 saturated carbocycles. The number of benzene rings is 3. The molecule has 194 valence electrons. The van der Waals surface area contributed by atoms with Crippen molar-refractivity contribution in [3.8, 4) is 5.75 Å². The van der Waals surface area contributed by atoms with Gasteiger partial charge in [-0.05, 0) is 79.3 Å². The molecule has 1 heterocycles. The van der Waals surface area contributed by atoms with E-state index in [9.17, 15) is 4.79 Å². The molecule has 0 radical (unpaired) electrons. The van der Waals surface area contributed by atoms with Gasteiger partial charge in [-0.2, -0.15) is 0 Å². The summed E-state index contributed by atoms with van der Waals surface area (Å²) < 4.78 is 6.14. The summed E-state index contributed by atoms with van der Waals surface area (Å²) in [4.78, 5) is 20.7. The summed E-state index contributed by atoms with van der Waals surface area (Å²) in [7, 11) is 0. The van der Waals surface area contributed by atoms with Crippen LogP contribution >= 0.6 is 23.2 Å². The van der Waals surface area contributed by atoms with Gasteiger partial charge in [-0.1, -0.05) is 74.3 Å². The molecule has 4 rings (SSSR count). The first-order valence-corrected chi connectivity index (χ1v) is 13.3. The molecule has 3 aromatic carbocycles. The van der Waals surface area contributed by atoms with Gasteiger partial charge in [0.2, 0.25) is 5.91 Å². The molecule has 0 N–H and O–H groups in total. The Balaban J connectivity index is 2.03. The first-order chi connectivity index (χ1) is 17.3. The van der Waals surface area contributed by atoms with Crippen LogP contribution in [0, 0.1) is 0 Å². The lowest BCUT2D eigenvalue weighted by Gasteiger charge is -2.45. The molecular formula is C31H34Cl2N2O2. The quantitative estimate of drug-likeness (QED) is 0.330. The van der Waals surface area contributed by atoms with Gasteiger partial charge in [-0.3, -0.25) is 14.7 Å². The van der Waals surface area contributed by atoms with E-state index in [0.717, 1.165) is 22.3 Å². The van der Waals surface area contributed by atoms with Gasteiger partial charge in [-0.25, -0.2) is 0 Å². The van der Waals surface area contributed by atoms with Gasteiger partial charge >= 0.3 is 0 Å². The lowest BCUT2D eigenvalue weighted by molar-refractivity contribution is -0.130. The molecule has 0 spiro atoms. The maximum atomic E-state index is 13.5. The second-order valence-electron chi connectivity index (χ2n) is 10.8. The zero-order valence-corrected chi connectivity index (χ0v) is 24.0. The van der Waals surface area contributed by atoms with Crippen molar-refractivity contribution in [3.63, 3.8) is 0 Å². The molecule has 2 atom stereocenters. The number of rotatable bonds is 5. The van der Waals surface area contributed by atoms with E-state index in [-0.39, 0.29) is 11.3 Å². The fraction of sp³-hybridized carbons (Fsp3) is 0.355. The number of hydrogen-bond acceptors (Lipinski definition) is 3. The Bertz CT molecular complexity index is 1340. The van der Waals surface area contributed by atoms with Crippen molar-refractivity contribution in [2.45, 2.75) is 65.0 Å². The molecule has 37 heavy (non-hydrogen) atoms. The Morgan fingerprint density at radius 1 is 0.919 bits per heavy atom. The topological polar surface area (TPSA) is 41.9 Å². The molecule has 4 nitrogen and oxygen atoms in total. The maximum Gasteiger partial charge on any atom is 0.225 e. The Morgan fingerprint density at radius 2 is 1.46 bits per heavy atom. The molecular weight excluding hydrogens is 503 g/mol. The monoisotopic (exact) mass is 536 g/mol. The van der Waals surface area contributed by atoms with Gasteiger partial charge in [0.05, 0.1) is 12.2 Å². The van der Waals surface area contributed by atoms with Crippen molar-refractivity contribution in [1.29, 1.82) is 0 Å². The van der Waals surface area contributed by atoms with Crippen molar-refractivity contribution < 1.29 is 9.53 Å². The van der Waals surface area contributed by atoms with E-state index < -0.39 is 11.1 Å². The first-order valence-electron chi connectivity index (χ1n) is 12.5. The van der Waals surface area contributed by atoms with E-state index in [1.807, 2.05) is 61.5 Å². The second-order valence-corrected chi connectivity index (χ2v) is 11.7. The number of amides is 1. The fourth-order valence-corrected chi connectivity index (χ4v) is 5.45. The largest absolute Gasteiger partial charge is 0.493 e. The summed E-state index contributed by atoms with van der Waals surface area (Å²) in [5.74, 6) is 1.17. The predicted molar refractivity (Wildman–Crippen MR) is 153 cm³/mol. The number of halogens is 2. The number of carbonyl (C=O) groups is 1. The highest BCUT2D eigenvalue weighted by atomic mass is 35.5. The molecule has 6 heteroatoms. The minimum Gasteiger partial charge on any atom is -0.493 e. The van der Waals surface area contributed by atoms with E-state index in [1.54, 1.807) is 11.8 Å². The third-order valence-electron chi connectivity index (χ3n) is 7.45. The molecule has 0 bridgehead atoms. The SMILES string of the molecule is CCOc1cc(C(C)(C)C)ccc1C1=N[C@@](C)(c2ccc(Cl)cc2)[C@](C)(c2ccc(Cl)cc2)N1C(C)=O. The van der Waals surface area contributed by atoms with Crippen LogP contribution in [-0.2, 0) is 21.3 Å². The minimum atomic E-state index is -0.862. The van der Waals surface area contributed by atoms with Crippen molar-refractivity contribution in [3.05, 3.63) is 99.0 Å². The summed E-state index contributed by atoms with van der Waals surface area (Å²) in [6, 6.07) is 21.5. The van der Waals surface area contributed by atoms with E-state index >= 15 is 0 Å². The smallest absolute Gasteiger partial charge is 0.225 e. The van der Waals surface area contributed by atoms with Gasteiger partial charge in [0.1, 0.15) is 22.7 Å². The number of ether oxygens (including phenoxy) is 1. The van der Waals surface area contributed by atoms with Gasteiger partial charge in [0, 0.05) is 17.0 Å². The number of amidine groups is 1. The van der Waals surface area contributed by atoms with Crippen molar-refractivity contribution in [2.75, 3.05) is 6.61 Å². The van der Waals surface area contributed by atoms with Gasteiger partial charge in [-0.15, -0.1) is 0 Å². The zero-order chi connectivity index (χ0) is 27.2. The summed E-state index contributed by atoms with van der Waals surface area (Å²) >= 11 is 12.5. The van der Waals surface area contributed by atoms with E-state index in [4.69, 9.17) is 32.9 Å². The van der Waals surface area contributed by atoms with Crippen LogP contribution in [0.1, 0.15) is 70.7 Å². The fourth-order valence-electron chi connectivity index (χ4n) is 5.20. The molecule has 0 fully saturated rings. The van der Waals surface area contributed by atoms with Gasteiger partial charge < -0.3 is 4.74 Å². The average molecular weight is 538 g/mol. The molecule has 0 aliphatic carbocycles. The van der Waals surface area contributed by atoms with Crippen LogP contribution < -0.4 is 4.74 Å². The van der Waals surface area contributed by atoms with Crippen molar-refractivity contribution in [2.24, 2.45) is 4.99 Å². The van der Waals surface area contributed by atoms with Crippen molar-refractivity contribution in [1.82, 2.24) is 4.90 Å². The average Bonchev–Trinajstić information content (AvgIpc) is 3.08. The lowest BCUT2D eigenvalue weighted by atomic mass is 9.70. The lowest BCUT2D eigenvalue weighted by Crippen LogP contribution is -2.54. The van der Waals surface area contributed by atoms with Crippen LogP contribution in [-0.4, -0.2) is 23.2 Å². The summed E-state index contributed by atoms with van der Waals surface area (Å²) in [5.41, 5.74) is 2.04. The Kier molecular flexibility index (Phi) is 7.22. The third-order valence-corrected chi connectivity index (χ3v) is 7.96. The molecule has 1 aliphatic rings. The van der Waals surface area contributed by atoms with E-state index in [0.29, 0.717) is 28.2 Å². The third kappa shape index (κ3) is 4.66. The molecule has 1 aliphatic heterocycles. The molecule has 0 unspecified atom stereocenters. The molecule has 0 saturated heterocycles. The normalized spacial score (nSPS) is 21.6. The maximum absolute atomic E-state index is 13.5. The highest BCUT2D eigenvalue weighted by Crippen LogP contribution is 2.53. The summed E-state index contributed by atoms with van der Waals surface area (Å²) in [6.07, 6.45) is 0. The second kappa shape index (κ2) is 9.81. The van der Waals surface area contributed by atoms with Crippen molar-refractivity contribution >= 4 is 34.9 Å². The Hall–Kier alpha value is -2.82. The number of aliphatic imine (C=N–C) groups is 1. The molecule has 3 aromatic rings.